The summed E-state index contributed by atoms with van der Waals surface area (Å²) in [4.78, 5) is 192. The summed E-state index contributed by atoms with van der Waals surface area (Å²) < 4.78 is 41.7. The van der Waals surface area contributed by atoms with E-state index in [1.165, 1.54) is 82.7 Å². The summed E-state index contributed by atoms with van der Waals surface area (Å²) in [7, 11) is 8.69. The molecule has 3 saturated heterocycles. The molecule has 3 N–H and O–H groups in total. The summed E-state index contributed by atoms with van der Waals surface area (Å²) in [5.74, 6) is -8.60. The van der Waals surface area contributed by atoms with Gasteiger partial charge in [0.1, 0.15) is 47.8 Å². The van der Waals surface area contributed by atoms with Crippen molar-refractivity contribution < 1.29 is 70.7 Å². The van der Waals surface area contributed by atoms with Gasteiger partial charge in [-0.05, 0) is 132 Å². The second-order valence-electron chi connectivity index (χ2n) is 30.3. The number of likely N-dealkylation sites (tertiary alicyclic amines) is 1. The van der Waals surface area contributed by atoms with Crippen LogP contribution in [0, 0.1) is 23.7 Å². The monoisotopic (exact) mass is 1450 g/mol. The maximum Gasteiger partial charge on any atom is 0.417 e. The summed E-state index contributed by atoms with van der Waals surface area (Å²) in [6.45, 7) is 8.21. The fraction of sp³-hybridized carbons (Fsp3) is 0.757. The SMILES string of the molecule is CC[C@H](C)[C@@H]1NC(=O)[C@H](CC(C)C)N(C)C(=O)C[C@@H](C(=O)N2CCCCC2)N(C)C(=O)[C@H](C2CCCCC2)N(C)C(=O)C2(CCCC2)NC(=O)C2CCCN2C(=O)[C@H](CCc2ccc(C(F)(F)F)c(Cl)c2)NC(=O)CN(C)C(=O)[C@H](CC2CCCCC2)N(C)C(=O)CN(CC)C(=O)CN(C)C1=O. The summed E-state index contributed by atoms with van der Waals surface area (Å²) in [5, 5.41) is 8.23. The van der Waals surface area contributed by atoms with E-state index < -0.39 is 173 Å². The van der Waals surface area contributed by atoms with Gasteiger partial charge in [0, 0.05) is 68.5 Å². The van der Waals surface area contributed by atoms with Crippen molar-refractivity contribution in [2.75, 3.05) is 88.1 Å². The normalized spacial score (nSPS) is 26.6. The van der Waals surface area contributed by atoms with Gasteiger partial charge in [-0.25, -0.2) is 0 Å². The number of aryl methyl sites for hydroxylation is 1. The molecule has 7 rings (SSSR count). The molecule has 1 unspecified atom stereocenters. The molecule has 28 heteroatoms. The summed E-state index contributed by atoms with van der Waals surface area (Å²) in [6.07, 6.45) is 7.14. The molecule has 1 spiro atoms. The Labute approximate surface area is 605 Å². The molecule has 1 aromatic carbocycles. The Balaban J connectivity index is 1.30. The van der Waals surface area contributed by atoms with Gasteiger partial charge in [0.05, 0.1) is 36.6 Å². The molecule has 0 radical (unpaired) electrons. The van der Waals surface area contributed by atoms with E-state index in [0.717, 1.165) is 74.8 Å². The number of hydrogen-bond donors (Lipinski definition) is 3. The predicted octanol–water partition coefficient (Wildman–Crippen LogP) is 6.81. The van der Waals surface area contributed by atoms with Crippen molar-refractivity contribution in [3.63, 3.8) is 0 Å². The molecule has 3 saturated carbocycles. The number of nitrogens with zero attached hydrogens (tertiary/aromatic N) is 9. The molecule has 6 fully saturated rings. The highest BCUT2D eigenvalue weighted by Crippen LogP contribution is 2.39. The van der Waals surface area contributed by atoms with E-state index >= 15 is 28.8 Å². The third-order valence-corrected chi connectivity index (χ3v) is 22.9. The molecular weight excluding hydrogens is 1340 g/mol. The molecule has 8 atom stereocenters. The van der Waals surface area contributed by atoms with Crippen molar-refractivity contribution in [1.29, 1.82) is 0 Å². The number of nitrogens with one attached hydrogen (secondary N) is 3. The van der Waals surface area contributed by atoms with Crippen molar-refractivity contribution in [2.45, 2.75) is 249 Å². The van der Waals surface area contributed by atoms with E-state index in [-0.39, 0.29) is 69.9 Å². The zero-order valence-corrected chi connectivity index (χ0v) is 62.9. The molecule has 24 nitrogen and oxygen atoms in total. The van der Waals surface area contributed by atoms with Gasteiger partial charge in [0.2, 0.25) is 70.9 Å². The molecule has 0 bridgehead atoms. The summed E-state index contributed by atoms with van der Waals surface area (Å²) in [5.41, 5.74) is -2.33. The minimum Gasteiger partial charge on any atom is -0.343 e. The number of benzene rings is 1. The van der Waals surface area contributed by atoms with Crippen LogP contribution in [0.1, 0.15) is 200 Å². The van der Waals surface area contributed by atoms with Crippen LogP contribution in [0.15, 0.2) is 18.2 Å². The average molecular weight is 1460 g/mol. The lowest BCUT2D eigenvalue weighted by Crippen LogP contribution is -2.65. The highest BCUT2D eigenvalue weighted by Gasteiger charge is 2.52. The first-order chi connectivity index (χ1) is 48.2. The van der Waals surface area contributed by atoms with Crippen molar-refractivity contribution in [2.24, 2.45) is 23.7 Å². The molecule has 3 heterocycles. The van der Waals surface area contributed by atoms with E-state index in [2.05, 4.69) is 16.0 Å². The second-order valence-corrected chi connectivity index (χ2v) is 30.7. The zero-order valence-electron chi connectivity index (χ0n) is 62.1. The number of alkyl halides is 3. The number of fused-ring (bicyclic) bond motifs is 1. The first-order valence-electron chi connectivity index (χ1n) is 37.4. The molecular formula is C74H114ClF3N12O12. The van der Waals surface area contributed by atoms with Crippen LogP contribution in [-0.4, -0.2) is 251 Å². The number of piperidine rings is 1. The third-order valence-electron chi connectivity index (χ3n) is 22.6. The molecule has 570 valence electrons. The Kier molecular flexibility index (Phi) is 29.9. The quantitative estimate of drug-likeness (QED) is 0.195. The number of likely N-dealkylation sites (N-methyl/N-ethyl adjacent to an activating group) is 7. The van der Waals surface area contributed by atoms with Crippen molar-refractivity contribution >= 4 is 82.5 Å². The Hall–Kier alpha value is -7.06. The number of carbonyl (C=O) groups excluding carboxylic acids is 12. The number of hydrogen-bond acceptors (Lipinski definition) is 12. The number of amides is 12. The lowest BCUT2D eigenvalue weighted by atomic mass is 9.81. The van der Waals surface area contributed by atoms with Crippen molar-refractivity contribution in [3.8, 4) is 0 Å². The lowest BCUT2D eigenvalue weighted by molar-refractivity contribution is -0.157. The Morgan fingerprint density at radius 1 is 0.627 bits per heavy atom. The average Bonchev–Trinajstić information content (AvgIpc) is 1.75. The molecule has 0 aromatic heterocycles. The van der Waals surface area contributed by atoms with Gasteiger partial charge >= 0.3 is 6.18 Å². The van der Waals surface area contributed by atoms with Gasteiger partial charge in [-0.3, -0.25) is 57.5 Å². The Bertz CT molecular complexity index is 3150. The minimum absolute atomic E-state index is 0.0194. The highest BCUT2D eigenvalue weighted by molar-refractivity contribution is 6.31. The van der Waals surface area contributed by atoms with Crippen LogP contribution in [0.5, 0.6) is 0 Å². The van der Waals surface area contributed by atoms with Crippen LogP contribution in [0.2, 0.25) is 5.02 Å². The minimum atomic E-state index is -4.76. The van der Waals surface area contributed by atoms with Crippen LogP contribution in [0.25, 0.3) is 0 Å². The van der Waals surface area contributed by atoms with Gasteiger partial charge in [0.25, 0.3) is 0 Å². The molecule has 12 amide bonds. The maximum atomic E-state index is 15.8. The fourth-order valence-electron chi connectivity index (χ4n) is 16.1. The third kappa shape index (κ3) is 20.7. The first kappa shape index (κ1) is 82.2. The van der Waals surface area contributed by atoms with E-state index in [0.29, 0.717) is 70.0 Å². The van der Waals surface area contributed by atoms with Gasteiger partial charge in [-0.1, -0.05) is 116 Å². The van der Waals surface area contributed by atoms with E-state index in [9.17, 15) is 41.9 Å². The zero-order chi connectivity index (χ0) is 75.1. The summed E-state index contributed by atoms with van der Waals surface area (Å²) >= 11 is 6.17. The van der Waals surface area contributed by atoms with Gasteiger partial charge in [-0.2, -0.15) is 13.2 Å². The standard InChI is InChI=1S/C74H114ClF3N12O12/c1-12-48(5)63-70(100)83(7)45-62(94)88(13-2)46-61(93)85(9)57(42-49-26-17-14-18-27-49)68(98)82(6)44-59(91)79-54(34-32-50-31-33-52(53(75)41-50)74(76,77)78)67(97)90-39-25-30-55(90)66(96)81-73(35-21-22-36-73)72(102)87(11)64(51-28-19-15-20-29-51)71(101)86(10)58(69(99)89-37-23-16-24-38-89)43-60(92)84(8)56(40-47(3)4)65(95)80-63/h31,33,41,47-49,51,54-58,63-64H,12-30,32,34-40,42-46H2,1-11H3,(H,79,91)(H,80,95)(H,81,96)/t48-,54-,55?,56-,57-,58-,63-,64-/m0/s1. The van der Waals surface area contributed by atoms with Gasteiger partial charge in [0.15, 0.2) is 0 Å². The van der Waals surface area contributed by atoms with Gasteiger partial charge < -0.3 is 60.0 Å². The number of rotatable bonds is 12. The van der Waals surface area contributed by atoms with Crippen LogP contribution in [0.3, 0.4) is 0 Å². The fourth-order valence-corrected chi connectivity index (χ4v) is 16.4. The number of carbonyl (C=O) groups is 12. The Morgan fingerprint density at radius 2 is 1.24 bits per heavy atom. The molecule has 3 aliphatic carbocycles. The molecule has 102 heavy (non-hydrogen) atoms. The van der Waals surface area contributed by atoms with E-state index in [4.69, 9.17) is 11.6 Å². The van der Waals surface area contributed by atoms with E-state index in [1.54, 1.807) is 18.7 Å². The topological polar surface area (TPSA) is 270 Å². The van der Waals surface area contributed by atoms with Crippen LogP contribution >= 0.6 is 11.6 Å². The van der Waals surface area contributed by atoms with Crippen molar-refractivity contribution in [3.05, 3.63) is 34.3 Å². The maximum absolute atomic E-state index is 15.8. The van der Waals surface area contributed by atoms with Crippen LogP contribution in [-0.2, 0) is 70.1 Å². The Morgan fingerprint density at radius 3 is 1.83 bits per heavy atom. The first-order valence-corrected chi connectivity index (χ1v) is 37.8. The summed E-state index contributed by atoms with van der Waals surface area (Å²) in [6, 6.07) is -5.51. The molecule has 1 aromatic rings. The van der Waals surface area contributed by atoms with Crippen molar-refractivity contribution in [1.82, 2.24) is 60.0 Å². The highest BCUT2D eigenvalue weighted by atomic mass is 35.5. The lowest BCUT2D eigenvalue weighted by Gasteiger charge is -2.43. The smallest absolute Gasteiger partial charge is 0.343 e. The largest absolute Gasteiger partial charge is 0.417 e. The predicted molar refractivity (Wildman–Crippen MR) is 378 cm³/mol. The van der Waals surface area contributed by atoms with E-state index in [1.807, 2.05) is 20.8 Å². The van der Waals surface area contributed by atoms with Crippen LogP contribution in [0.4, 0.5) is 13.2 Å². The second kappa shape index (κ2) is 37.1. The number of halogens is 4. The molecule has 6 aliphatic rings. The molecule has 3 aliphatic heterocycles. The van der Waals surface area contributed by atoms with Gasteiger partial charge in [-0.15, -0.1) is 0 Å². The van der Waals surface area contributed by atoms with Crippen LogP contribution < -0.4 is 16.0 Å².